The smallest absolute Gasteiger partial charge is 0.377 e. The summed E-state index contributed by atoms with van der Waals surface area (Å²) in [5.74, 6) is 0.127. The van der Waals surface area contributed by atoms with Gasteiger partial charge in [0.1, 0.15) is 5.82 Å². The van der Waals surface area contributed by atoms with Crippen LogP contribution in [0, 0.1) is 0 Å². The Morgan fingerprint density at radius 1 is 1.12 bits per heavy atom. The summed E-state index contributed by atoms with van der Waals surface area (Å²) < 4.78 is 44.7. The van der Waals surface area contributed by atoms with Gasteiger partial charge in [0.25, 0.3) is 0 Å². The molecule has 0 fully saturated rings. The highest BCUT2D eigenvalue weighted by Gasteiger charge is 2.34. The van der Waals surface area contributed by atoms with Crippen molar-refractivity contribution in [2.24, 2.45) is 0 Å². The Bertz CT molecular complexity index is 720. The van der Waals surface area contributed by atoms with Crippen molar-refractivity contribution in [3.8, 4) is 0 Å². The molecular formula is C18H23F3N4O. The lowest BCUT2D eigenvalue weighted by atomic mass is 10.1. The predicted octanol–water partition coefficient (Wildman–Crippen LogP) is 4.10. The van der Waals surface area contributed by atoms with Crippen LogP contribution in [0.2, 0.25) is 0 Å². The molecule has 0 radical (unpaired) electrons. The Morgan fingerprint density at radius 3 is 2.42 bits per heavy atom. The van der Waals surface area contributed by atoms with Crippen molar-refractivity contribution in [3.63, 3.8) is 0 Å². The minimum absolute atomic E-state index is 0.0622. The zero-order chi connectivity index (χ0) is 19.2. The number of ether oxygens (including phenoxy) is 1. The molecule has 0 spiro atoms. The van der Waals surface area contributed by atoms with Crippen LogP contribution in [0.15, 0.2) is 30.3 Å². The van der Waals surface area contributed by atoms with Gasteiger partial charge in [-0.15, -0.1) is 0 Å². The average Bonchev–Trinajstić information content (AvgIpc) is 2.60. The van der Waals surface area contributed by atoms with E-state index in [1.807, 2.05) is 31.2 Å². The quantitative estimate of drug-likeness (QED) is 0.711. The van der Waals surface area contributed by atoms with Crippen LogP contribution in [0.1, 0.15) is 30.2 Å². The summed E-state index contributed by atoms with van der Waals surface area (Å²) in [5, 5.41) is 2.90. The monoisotopic (exact) mass is 368 g/mol. The second kappa shape index (κ2) is 8.84. The number of aromatic nitrogens is 2. The van der Waals surface area contributed by atoms with E-state index < -0.39 is 11.9 Å². The highest BCUT2D eigenvalue weighted by molar-refractivity contribution is 5.45. The normalized spacial score (nSPS) is 11.5. The number of hydrogen-bond acceptors (Lipinski definition) is 5. The molecular weight excluding hydrogens is 345 g/mol. The van der Waals surface area contributed by atoms with E-state index in [0.717, 1.165) is 23.6 Å². The molecule has 5 nitrogen and oxygen atoms in total. The van der Waals surface area contributed by atoms with Crippen LogP contribution in [0.4, 0.5) is 24.9 Å². The maximum absolute atomic E-state index is 13.1. The molecule has 0 aliphatic heterocycles. The number of nitrogens with one attached hydrogen (secondary N) is 1. The zero-order valence-corrected chi connectivity index (χ0v) is 15.1. The third-order valence-corrected chi connectivity index (χ3v) is 3.62. The Labute approximate surface area is 151 Å². The van der Waals surface area contributed by atoms with Crippen molar-refractivity contribution in [3.05, 3.63) is 47.2 Å². The van der Waals surface area contributed by atoms with Gasteiger partial charge in [-0.25, -0.2) is 4.98 Å². The molecule has 0 aliphatic carbocycles. The van der Waals surface area contributed by atoms with Gasteiger partial charge in [-0.1, -0.05) is 31.2 Å². The fourth-order valence-corrected chi connectivity index (χ4v) is 2.26. The first-order valence-electron chi connectivity index (χ1n) is 8.33. The summed E-state index contributed by atoms with van der Waals surface area (Å²) in [7, 11) is 3.26. The molecule has 142 valence electrons. The lowest BCUT2D eigenvalue weighted by Gasteiger charge is -2.16. The second-order valence-electron chi connectivity index (χ2n) is 6.00. The molecule has 0 saturated carbocycles. The van der Waals surface area contributed by atoms with Gasteiger partial charge < -0.3 is 15.0 Å². The number of hydrogen-bond donors (Lipinski definition) is 1. The molecule has 0 amide bonds. The molecule has 0 bridgehead atoms. The number of nitrogens with zero attached hydrogens (tertiary/aromatic N) is 3. The SMILES string of the molecule is CCCOCc1ccccc1CNc1nc(N(C)C)cc(C(F)(F)F)n1. The number of rotatable bonds is 8. The second-order valence-corrected chi connectivity index (χ2v) is 6.00. The Kier molecular flexibility index (Phi) is 6.79. The molecule has 0 aliphatic rings. The number of halogens is 3. The summed E-state index contributed by atoms with van der Waals surface area (Å²) in [6.07, 6.45) is -3.61. The molecule has 26 heavy (non-hydrogen) atoms. The van der Waals surface area contributed by atoms with Gasteiger partial charge in [-0.2, -0.15) is 18.2 Å². The lowest BCUT2D eigenvalue weighted by Crippen LogP contribution is -2.17. The Hall–Kier alpha value is -2.35. The number of alkyl halides is 3. The van der Waals surface area contributed by atoms with E-state index in [0.29, 0.717) is 19.8 Å². The highest BCUT2D eigenvalue weighted by atomic mass is 19.4. The van der Waals surface area contributed by atoms with Gasteiger partial charge in [0.05, 0.1) is 6.61 Å². The summed E-state index contributed by atoms with van der Waals surface area (Å²) >= 11 is 0. The van der Waals surface area contributed by atoms with E-state index in [2.05, 4.69) is 15.3 Å². The highest BCUT2D eigenvalue weighted by Crippen LogP contribution is 2.30. The summed E-state index contributed by atoms with van der Waals surface area (Å²) in [5.41, 5.74) is 0.933. The van der Waals surface area contributed by atoms with Crippen LogP contribution in [-0.4, -0.2) is 30.7 Å². The van der Waals surface area contributed by atoms with E-state index in [1.54, 1.807) is 14.1 Å². The largest absolute Gasteiger partial charge is 0.433 e. The van der Waals surface area contributed by atoms with E-state index in [9.17, 15) is 13.2 Å². The third-order valence-electron chi connectivity index (χ3n) is 3.62. The topological polar surface area (TPSA) is 50.3 Å². The number of anilines is 2. The van der Waals surface area contributed by atoms with Gasteiger partial charge in [0, 0.05) is 33.3 Å². The Balaban J connectivity index is 2.18. The van der Waals surface area contributed by atoms with Crippen molar-refractivity contribution in [2.45, 2.75) is 32.7 Å². The molecule has 1 aromatic carbocycles. The molecule has 0 atom stereocenters. The average molecular weight is 368 g/mol. The van der Waals surface area contributed by atoms with Crippen molar-refractivity contribution in [2.75, 3.05) is 30.9 Å². The number of benzene rings is 1. The van der Waals surface area contributed by atoms with Gasteiger partial charge in [0.2, 0.25) is 5.95 Å². The minimum atomic E-state index is -4.53. The summed E-state index contributed by atoms with van der Waals surface area (Å²) in [6, 6.07) is 8.54. The van der Waals surface area contributed by atoms with E-state index in [-0.39, 0.29) is 11.8 Å². The molecule has 2 rings (SSSR count). The predicted molar refractivity (Wildman–Crippen MR) is 95.1 cm³/mol. The fourth-order valence-electron chi connectivity index (χ4n) is 2.26. The third kappa shape index (κ3) is 5.59. The first-order valence-corrected chi connectivity index (χ1v) is 8.33. The van der Waals surface area contributed by atoms with Gasteiger partial charge in [0.15, 0.2) is 5.69 Å². The molecule has 0 unspecified atom stereocenters. The van der Waals surface area contributed by atoms with Crippen LogP contribution in [0.5, 0.6) is 0 Å². The van der Waals surface area contributed by atoms with Crippen LogP contribution >= 0.6 is 0 Å². The van der Waals surface area contributed by atoms with Crippen LogP contribution in [0.25, 0.3) is 0 Å². The fraction of sp³-hybridized carbons (Fsp3) is 0.444. The summed E-state index contributed by atoms with van der Waals surface area (Å²) in [4.78, 5) is 9.25. The van der Waals surface area contributed by atoms with Crippen molar-refractivity contribution >= 4 is 11.8 Å². The summed E-state index contributed by atoms with van der Waals surface area (Å²) in [6.45, 7) is 3.45. The van der Waals surface area contributed by atoms with Gasteiger partial charge >= 0.3 is 6.18 Å². The van der Waals surface area contributed by atoms with Crippen molar-refractivity contribution in [1.29, 1.82) is 0 Å². The molecule has 8 heteroatoms. The van der Waals surface area contributed by atoms with Gasteiger partial charge in [-0.05, 0) is 17.5 Å². The Morgan fingerprint density at radius 2 is 1.81 bits per heavy atom. The lowest BCUT2D eigenvalue weighted by molar-refractivity contribution is -0.141. The molecule has 2 aromatic rings. The molecule has 1 heterocycles. The van der Waals surface area contributed by atoms with Gasteiger partial charge in [-0.3, -0.25) is 0 Å². The van der Waals surface area contributed by atoms with Crippen LogP contribution < -0.4 is 10.2 Å². The standard InChI is InChI=1S/C18H23F3N4O/c1-4-9-26-12-14-8-6-5-7-13(14)11-22-17-23-15(18(19,20)21)10-16(24-17)25(2)3/h5-8,10H,4,9,11-12H2,1-3H3,(H,22,23,24). The zero-order valence-electron chi connectivity index (χ0n) is 15.1. The van der Waals surface area contributed by atoms with Crippen molar-refractivity contribution < 1.29 is 17.9 Å². The van der Waals surface area contributed by atoms with E-state index in [1.165, 1.54) is 4.90 Å². The molecule has 0 saturated heterocycles. The molecule has 1 aromatic heterocycles. The first kappa shape index (κ1) is 20.0. The maximum atomic E-state index is 13.1. The molecule has 1 N–H and O–H groups in total. The van der Waals surface area contributed by atoms with Crippen LogP contribution in [-0.2, 0) is 24.1 Å². The van der Waals surface area contributed by atoms with E-state index >= 15 is 0 Å². The first-order chi connectivity index (χ1) is 12.3. The van der Waals surface area contributed by atoms with E-state index in [4.69, 9.17) is 4.74 Å². The van der Waals surface area contributed by atoms with Crippen molar-refractivity contribution in [1.82, 2.24) is 9.97 Å². The minimum Gasteiger partial charge on any atom is -0.377 e. The maximum Gasteiger partial charge on any atom is 0.433 e. The van der Waals surface area contributed by atoms with Crippen LogP contribution in [0.3, 0.4) is 0 Å².